The van der Waals surface area contributed by atoms with Crippen LogP contribution in [0.5, 0.6) is 0 Å². The molecule has 22 heavy (non-hydrogen) atoms. The molecular weight excluding hydrogens is 284 g/mol. The summed E-state index contributed by atoms with van der Waals surface area (Å²) in [5, 5.41) is 17.6. The van der Waals surface area contributed by atoms with Crippen molar-refractivity contribution in [2.24, 2.45) is 0 Å². The van der Waals surface area contributed by atoms with Gasteiger partial charge < -0.3 is 9.84 Å². The Bertz CT molecular complexity index is 769. The first-order valence-corrected chi connectivity index (χ1v) is 6.58. The van der Waals surface area contributed by atoms with Crippen LogP contribution in [0.4, 0.5) is 11.5 Å². The van der Waals surface area contributed by atoms with E-state index in [0.29, 0.717) is 18.1 Å². The van der Waals surface area contributed by atoms with E-state index in [4.69, 9.17) is 4.52 Å². The molecule has 2 aromatic heterocycles. The minimum atomic E-state index is -0.486. The van der Waals surface area contributed by atoms with Crippen molar-refractivity contribution in [3.05, 3.63) is 70.5 Å². The molecule has 1 N–H and O–H groups in total. The minimum Gasteiger partial charge on any atom is -0.364 e. The van der Waals surface area contributed by atoms with Gasteiger partial charge in [-0.3, -0.25) is 10.1 Å². The molecule has 0 aliphatic rings. The number of hydrogen-bond donors (Lipinski definition) is 1. The van der Waals surface area contributed by atoms with E-state index in [9.17, 15) is 10.1 Å². The van der Waals surface area contributed by atoms with E-state index in [0.717, 1.165) is 11.3 Å². The lowest BCUT2D eigenvalue weighted by atomic mass is 10.2. The molecule has 0 fully saturated rings. The Labute approximate surface area is 125 Å². The average molecular weight is 296 g/mol. The molecule has 0 amide bonds. The zero-order valence-corrected chi connectivity index (χ0v) is 11.5. The molecule has 0 aliphatic carbocycles. The van der Waals surface area contributed by atoms with E-state index in [-0.39, 0.29) is 5.69 Å². The normalized spacial score (nSPS) is 10.4. The van der Waals surface area contributed by atoms with Gasteiger partial charge in [-0.1, -0.05) is 35.5 Å². The number of hydrogen-bond acceptors (Lipinski definition) is 6. The van der Waals surface area contributed by atoms with Gasteiger partial charge in [-0.05, 0) is 6.07 Å². The number of anilines is 1. The smallest absolute Gasteiger partial charge is 0.287 e. The topological polar surface area (TPSA) is 94.1 Å². The van der Waals surface area contributed by atoms with Crippen molar-refractivity contribution >= 4 is 11.5 Å². The van der Waals surface area contributed by atoms with Crippen LogP contribution in [-0.2, 0) is 6.54 Å². The summed E-state index contributed by atoms with van der Waals surface area (Å²) in [5.74, 6) is 1.23. The summed E-state index contributed by atoms with van der Waals surface area (Å²) >= 11 is 0. The average Bonchev–Trinajstić information content (AvgIpc) is 3.03. The molecule has 0 bridgehead atoms. The molecule has 3 rings (SSSR count). The molecule has 2 heterocycles. The quantitative estimate of drug-likeness (QED) is 0.573. The zero-order valence-electron chi connectivity index (χ0n) is 11.5. The lowest BCUT2D eigenvalue weighted by Gasteiger charge is -2.01. The molecule has 110 valence electrons. The fraction of sp³-hybridized carbons (Fsp3) is 0.0667. The number of benzene rings is 1. The van der Waals surface area contributed by atoms with Gasteiger partial charge in [-0.2, -0.15) is 0 Å². The van der Waals surface area contributed by atoms with Crippen molar-refractivity contribution in [3.8, 4) is 11.3 Å². The highest BCUT2D eigenvalue weighted by atomic mass is 16.6. The fourth-order valence-electron chi connectivity index (χ4n) is 1.91. The molecule has 0 unspecified atom stereocenters. The number of nitrogens with zero attached hydrogens (tertiary/aromatic N) is 3. The van der Waals surface area contributed by atoms with Crippen LogP contribution in [0, 0.1) is 10.1 Å². The molecule has 0 spiro atoms. The lowest BCUT2D eigenvalue weighted by Crippen LogP contribution is -2.01. The van der Waals surface area contributed by atoms with Gasteiger partial charge in [-0.25, -0.2) is 4.98 Å². The maximum Gasteiger partial charge on any atom is 0.287 e. The van der Waals surface area contributed by atoms with E-state index in [1.165, 1.54) is 12.3 Å². The van der Waals surface area contributed by atoms with Gasteiger partial charge in [-0.15, -0.1) is 0 Å². The number of aromatic nitrogens is 2. The molecule has 1 aromatic carbocycles. The van der Waals surface area contributed by atoms with Crippen LogP contribution in [0.3, 0.4) is 0 Å². The maximum absolute atomic E-state index is 10.6. The highest BCUT2D eigenvalue weighted by Crippen LogP contribution is 2.20. The van der Waals surface area contributed by atoms with Crippen molar-refractivity contribution in [1.82, 2.24) is 10.1 Å². The molecule has 0 saturated heterocycles. The fourth-order valence-corrected chi connectivity index (χ4v) is 1.91. The third kappa shape index (κ3) is 3.09. The largest absolute Gasteiger partial charge is 0.364 e. The zero-order chi connectivity index (χ0) is 15.4. The number of nitro groups is 1. The third-order valence-corrected chi connectivity index (χ3v) is 3.03. The maximum atomic E-state index is 10.6. The molecule has 0 saturated carbocycles. The SMILES string of the molecule is O=[N+]([O-])c1ccc(NCc2cc(-c3ccccc3)on2)nc1. The number of rotatable bonds is 5. The van der Waals surface area contributed by atoms with Crippen molar-refractivity contribution in [2.45, 2.75) is 6.54 Å². The van der Waals surface area contributed by atoms with E-state index in [1.54, 1.807) is 6.07 Å². The van der Waals surface area contributed by atoms with Crippen LogP contribution in [-0.4, -0.2) is 15.1 Å². The summed E-state index contributed by atoms with van der Waals surface area (Å²) in [6.45, 7) is 0.418. The lowest BCUT2D eigenvalue weighted by molar-refractivity contribution is -0.385. The van der Waals surface area contributed by atoms with Gasteiger partial charge in [0.15, 0.2) is 5.76 Å². The van der Waals surface area contributed by atoms with Gasteiger partial charge in [0, 0.05) is 17.7 Å². The Kier molecular flexibility index (Phi) is 3.78. The van der Waals surface area contributed by atoms with Gasteiger partial charge in [0.25, 0.3) is 5.69 Å². The standard InChI is InChI=1S/C15H12N4O3/c20-19(21)13-6-7-15(17-10-13)16-9-12-8-14(22-18-12)11-4-2-1-3-5-11/h1-8,10H,9H2,(H,16,17). The summed E-state index contributed by atoms with van der Waals surface area (Å²) in [6, 6.07) is 14.5. The summed E-state index contributed by atoms with van der Waals surface area (Å²) in [5.41, 5.74) is 1.63. The Hall–Kier alpha value is -3.22. The summed E-state index contributed by atoms with van der Waals surface area (Å²) in [7, 11) is 0. The van der Waals surface area contributed by atoms with Crippen molar-refractivity contribution < 1.29 is 9.45 Å². The first-order valence-electron chi connectivity index (χ1n) is 6.58. The Morgan fingerprint density at radius 2 is 2.00 bits per heavy atom. The Morgan fingerprint density at radius 3 is 2.68 bits per heavy atom. The second kappa shape index (κ2) is 6.04. The predicted molar refractivity (Wildman–Crippen MR) is 80.2 cm³/mol. The summed E-state index contributed by atoms with van der Waals surface area (Å²) in [6.07, 6.45) is 1.21. The van der Waals surface area contributed by atoms with Gasteiger partial charge in [0.05, 0.1) is 11.5 Å². The number of pyridine rings is 1. The highest BCUT2D eigenvalue weighted by Gasteiger charge is 2.08. The molecule has 0 aliphatic heterocycles. The molecule has 0 atom stereocenters. The van der Waals surface area contributed by atoms with Crippen LogP contribution in [0.15, 0.2) is 59.3 Å². The first kappa shape index (κ1) is 13.7. The Balaban J connectivity index is 1.65. The van der Waals surface area contributed by atoms with Gasteiger partial charge in [0.1, 0.15) is 17.7 Å². The Morgan fingerprint density at radius 1 is 1.18 bits per heavy atom. The van der Waals surface area contributed by atoms with Crippen LogP contribution in [0.1, 0.15) is 5.69 Å². The van der Waals surface area contributed by atoms with Gasteiger partial charge in [0.2, 0.25) is 0 Å². The third-order valence-electron chi connectivity index (χ3n) is 3.03. The van der Waals surface area contributed by atoms with E-state index in [1.807, 2.05) is 36.4 Å². The van der Waals surface area contributed by atoms with Crippen LogP contribution in [0.25, 0.3) is 11.3 Å². The monoisotopic (exact) mass is 296 g/mol. The molecule has 3 aromatic rings. The highest BCUT2D eigenvalue weighted by molar-refractivity contribution is 5.57. The second-order valence-corrected chi connectivity index (χ2v) is 4.56. The van der Waals surface area contributed by atoms with Crippen molar-refractivity contribution in [2.75, 3.05) is 5.32 Å². The van der Waals surface area contributed by atoms with E-state index in [2.05, 4.69) is 15.5 Å². The van der Waals surface area contributed by atoms with Gasteiger partial charge >= 0.3 is 0 Å². The van der Waals surface area contributed by atoms with Crippen LogP contribution in [0.2, 0.25) is 0 Å². The van der Waals surface area contributed by atoms with E-state index >= 15 is 0 Å². The molecule has 7 nitrogen and oxygen atoms in total. The molecule has 7 heteroatoms. The summed E-state index contributed by atoms with van der Waals surface area (Å²) in [4.78, 5) is 14.0. The van der Waals surface area contributed by atoms with Crippen molar-refractivity contribution in [1.29, 1.82) is 0 Å². The van der Waals surface area contributed by atoms with Crippen LogP contribution < -0.4 is 5.32 Å². The van der Waals surface area contributed by atoms with E-state index < -0.39 is 4.92 Å². The molecule has 0 radical (unpaired) electrons. The summed E-state index contributed by atoms with van der Waals surface area (Å²) < 4.78 is 5.29. The molecular formula is C15H12N4O3. The minimum absolute atomic E-state index is 0.0432. The second-order valence-electron chi connectivity index (χ2n) is 4.56. The van der Waals surface area contributed by atoms with Crippen molar-refractivity contribution in [3.63, 3.8) is 0 Å². The first-order chi connectivity index (χ1) is 10.7. The number of nitrogens with one attached hydrogen (secondary N) is 1. The van der Waals surface area contributed by atoms with Crippen LogP contribution >= 0.6 is 0 Å². The predicted octanol–water partition coefficient (Wildman–Crippen LogP) is 3.26.